The number of hydrogen-bond donors (Lipinski definition) is 3. The van der Waals surface area contributed by atoms with Crippen molar-refractivity contribution >= 4 is 29.1 Å². The third-order valence-electron chi connectivity index (χ3n) is 3.79. The first kappa shape index (κ1) is 20.7. The van der Waals surface area contributed by atoms with E-state index in [-0.39, 0.29) is 37.3 Å². The molecular formula is C19H22ClFN3O3+. The van der Waals surface area contributed by atoms with Gasteiger partial charge in [-0.2, -0.15) is 0 Å². The molecule has 1 atom stereocenters. The van der Waals surface area contributed by atoms with E-state index in [0.29, 0.717) is 26.9 Å². The van der Waals surface area contributed by atoms with Gasteiger partial charge in [0, 0.05) is 17.1 Å². The zero-order valence-corrected chi connectivity index (χ0v) is 15.9. The second kappa shape index (κ2) is 9.89. The summed E-state index contributed by atoms with van der Waals surface area (Å²) in [4.78, 5) is 24.9. The fourth-order valence-corrected chi connectivity index (χ4v) is 2.65. The number of likely N-dealkylation sites (N-methyl/N-ethyl adjacent to an activating group) is 1. The van der Waals surface area contributed by atoms with E-state index in [2.05, 4.69) is 10.6 Å². The molecule has 2 aromatic rings. The van der Waals surface area contributed by atoms with Crippen LogP contribution < -0.4 is 20.3 Å². The summed E-state index contributed by atoms with van der Waals surface area (Å²) in [7, 11) is 3.22. The Morgan fingerprint density at radius 1 is 1.15 bits per heavy atom. The van der Waals surface area contributed by atoms with Crippen molar-refractivity contribution in [2.45, 2.75) is 6.54 Å². The summed E-state index contributed by atoms with van der Waals surface area (Å²) in [5, 5.41) is 5.84. The second-order valence-electron chi connectivity index (χ2n) is 6.07. The van der Waals surface area contributed by atoms with Crippen molar-refractivity contribution in [2.75, 3.05) is 32.6 Å². The van der Waals surface area contributed by atoms with Crippen LogP contribution in [0.5, 0.6) is 5.75 Å². The average molecular weight is 395 g/mol. The van der Waals surface area contributed by atoms with Crippen LogP contribution in [0.15, 0.2) is 42.5 Å². The molecule has 0 heterocycles. The Labute approximate surface area is 162 Å². The van der Waals surface area contributed by atoms with E-state index in [0.717, 1.165) is 0 Å². The van der Waals surface area contributed by atoms with Crippen LogP contribution >= 0.6 is 11.6 Å². The SMILES string of the molecule is COc1ccc(Cl)cc1NC(=O)C[NH+](C)CC(=O)NCc1ccccc1F. The fourth-order valence-electron chi connectivity index (χ4n) is 2.48. The highest BCUT2D eigenvalue weighted by molar-refractivity contribution is 6.31. The molecule has 3 N–H and O–H groups in total. The lowest BCUT2D eigenvalue weighted by molar-refractivity contribution is -0.862. The van der Waals surface area contributed by atoms with Gasteiger partial charge < -0.3 is 20.3 Å². The number of ether oxygens (including phenoxy) is 1. The lowest BCUT2D eigenvalue weighted by Gasteiger charge is -2.15. The van der Waals surface area contributed by atoms with Crippen molar-refractivity contribution in [3.63, 3.8) is 0 Å². The zero-order valence-electron chi connectivity index (χ0n) is 15.1. The number of nitrogens with one attached hydrogen (secondary N) is 3. The molecule has 0 saturated heterocycles. The van der Waals surface area contributed by atoms with E-state index in [1.165, 1.54) is 13.2 Å². The third-order valence-corrected chi connectivity index (χ3v) is 4.03. The monoisotopic (exact) mass is 394 g/mol. The fraction of sp³-hybridized carbons (Fsp3) is 0.263. The highest BCUT2D eigenvalue weighted by atomic mass is 35.5. The first-order chi connectivity index (χ1) is 12.9. The van der Waals surface area contributed by atoms with Gasteiger partial charge >= 0.3 is 0 Å². The van der Waals surface area contributed by atoms with Crippen molar-refractivity contribution in [3.8, 4) is 5.75 Å². The van der Waals surface area contributed by atoms with Gasteiger partial charge in [-0.25, -0.2) is 4.39 Å². The maximum absolute atomic E-state index is 13.5. The molecule has 2 aromatic carbocycles. The Hall–Kier alpha value is -2.64. The van der Waals surface area contributed by atoms with Crippen molar-refractivity contribution in [3.05, 3.63) is 58.9 Å². The predicted molar refractivity (Wildman–Crippen MR) is 102 cm³/mol. The molecule has 0 aliphatic heterocycles. The van der Waals surface area contributed by atoms with Crippen LogP contribution in [-0.2, 0) is 16.1 Å². The van der Waals surface area contributed by atoms with Crippen LogP contribution in [-0.4, -0.2) is 39.1 Å². The predicted octanol–water partition coefficient (Wildman–Crippen LogP) is 1.26. The number of carbonyl (C=O) groups excluding carboxylic acids is 2. The number of rotatable bonds is 8. The minimum absolute atomic E-state index is 0.0722. The molecule has 2 rings (SSSR count). The molecule has 0 spiro atoms. The second-order valence-corrected chi connectivity index (χ2v) is 6.51. The average Bonchev–Trinajstić information content (AvgIpc) is 2.61. The summed E-state index contributed by atoms with van der Waals surface area (Å²) in [6.07, 6.45) is 0. The topological polar surface area (TPSA) is 71.9 Å². The number of methoxy groups -OCH3 is 1. The number of carbonyl (C=O) groups is 2. The lowest BCUT2D eigenvalue weighted by atomic mass is 10.2. The van der Waals surface area contributed by atoms with Gasteiger partial charge in [-0.15, -0.1) is 0 Å². The molecule has 1 unspecified atom stereocenters. The van der Waals surface area contributed by atoms with Crippen LogP contribution in [0.3, 0.4) is 0 Å². The maximum atomic E-state index is 13.5. The summed E-state index contributed by atoms with van der Waals surface area (Å²) in [5.74, 6) is -0.430. The molecular weight excluding hydrogens is 373 g/mol. The molecule has 6 nitrogen and oxygen atoms in total. The van der Waals surface area contributed by atoms with Crippen LogP contribution in [0.4, 0.5) is 10.1 Å². The number of quaternary nitrogens is 1. The van der Waals surface area contributed by atoms with Gasteiger partial charge in [-0.1, -0.05) is 29.8 Å². The molecule has 0 bridgehead atoms. The molecule has 2 amide bonds. The molecule has 0 radical (unpaired) electrons. The maximum Gasteiger partial charge on any atom is 0.279 e. The number of hydrogen-bond acceptors (Lipinski definition) is 3. The minimum Gasteiger partial charge on any atom is -0.495 e. The lowest BCUT2D eigenvalue weighted by Crippen LogP contribution is -3.11. The van der Waals surface area contributed by atoms with Crippen molar-refractivity contribution in [1.82, 2.24) is 5.32 Å². The number of amides is 2. The largest absolute Gasteiger partial charge is 0.495 e. The van der Waals surface area contributed by atoms with Gasteiger partial charge in [-0.05, 0) is 24.3 Å². The van der Waals surface area contributed by atoms with E-state index < -0.39 is 0 Å². The number of halogens is 2. The molecule has 0 aromatic heterocycles. The highest BCUT2D eigenvalue weighted by Crippen LogP contribution is 2.27. The standard InChI is InChI=1S/C19H21ClFN3O3/c1-24(11-18(25)22-10-13-5-3-4-6-15(13)21)12-19(26)23-16-9-14(20)7-8-17(16)27-2/h3-9H,10-12H2,1-2H3,(H,22,25)(H,23,26)/p+1. The van der Waals surface area contributed by atoms with Gasteiger partial charge in [-0.3, -0.25) is 9.59 Å². The van der Waals surface area contributed by atoms with Crippen molar-refractivity contribution in [2.24, 2.45) is 0 Å². The van der Waals surface area contributed by atoms with Gasteiger partial charge in [0.1, 0.15) is 11.6 Å². The van der Waals surface area contributed by atoms with Gasteiger partial charge in [0.25, 0.3) is 11.8 Å². The van der Waals surface area contributed by atoms with E-state index in [9.17, 15) is 14.0 Å². The molecule has 8 heteroatoms. The highest BCUT2D eigenvalue weighted by Gasteiger charge is 2.16. The molecule has 0 aliphatic rings. The first-order valence-corrected chi connectivity index (χ1v) is 8.71. The van der Waals surface area contributed by atoms with Gasteiger partial charge in [0.15, 0.2) is 13.1 Å². The minimum atomic E-state index is -0.367. The summed E-state index contributed by atoms with van der Waals surface area (Å²) in [6.45, 7) is 0.252. The Kier molecular flexibility index (Phi) is 7.57. The van der Waals surface area contributed by atoms with Crippen LogP contribution in [0, 0.1) is 5.82 Å². The Morgan fingerprint density at radius 2 is 1.85 bits per heavy atom. The Morgan fingerprint density at radius 3 is 2.56 bits per heavy atom. The molecule has 0 fully saturated rings. The first-order valence-electron chi connectivity index (χ1n) is 8.34. The molecule has 0 saturated carbocycles. The van der Waals surface area contributed by atoms with Crippen molar-refractivity contribution < 1.29 is 23.6 Å². The van der Waals surface area contributed by atoms with E-state index in [1.54, 1.807) is 43.4 Å². The van der Waals surface area contributed by atoms with Crippen molar-refractivity contribution in [1.29, 1.82) is 0 Å². The van der Waals surface area contributed by atoms with Gasteiger partial charge in [0.05, 0.1) is 19.8 Å². The normalized spacial score (nSPS) is 11.6. The summed E-state index contributed by atoms with van der Waals surface area (Å²) in [5.41, 5.74) is 0.876. The number of benzene rings is 2. The van der Waals surface area contributed by atoms with Crippen LogP contribution in [0.2, 0.25) is 5.02 Å². The zero-order chi connectivity index (χ0) is 19.8. The molecule has 144 valence electrons. The van der Waals surface area contributed by atoms with Gasteiger partial charge in [0.2, 0.25) is 0 Å². The van der Waals surface area contributed by atoms with E-state index in [1.807, 2.05) is 0 Å². The molecule has 27 heavy (non-hydrogen) atoms. The quantitative estimate of drug-likeness (QED) is 0.631. The smallest absolute Gasteiger partial charge is 0.279 e. The summed E-state index contributed by atoms with van der Waals surface area (Å²) < 4.78 is 18.7. The van der Waals surface area contributed by atoms with E-state index >= 15 is 0 Å². The summed E-state index contributed by atoms with van der Waals surface area (Å²) >= 11 is 5.94. The number of anilines is 1. The Balaban J connectivity index is 1.81. The molecule has 0 aliphatic carbocycles. The van der Waals surface area contributed by atoms with Crippen LogP contribution in [0.25, 0.3) is 0 Å². The van der Waals surface area contributed by atoms with Crippen LogP contribution in [0.1, 0.15) is 5.56 Å². The Bertz CT molecular complexity index is 817. The third kappa shape index (κ3) is 6.54. The summed E-state index contributed by atoms with van der Waals surface area (Å²) in [6, 6.07) is 11.2. The van der Waals surface area contributed by atoms with E-state index in [4.69, 9.17) is 16.3 Å².